The van der Waals surface area contributed by atoms with Gasteiger partial charge in [-0.05, 0) is 10.7 Å². The van der Waals surface area contributed by atoms with Gasteiger partial charge in [0.05, 0.1) is 17.1 Å². The maximum absolute atomic E-state index is 4.25. The van der Waals surface area contributed by atoms with E-state index < -0.39 is 0 Å². The summed E-state index contributed by atoms with van der Waals surface area (Å²) >= 11 is 0. The normalized spacial score (nSPS) is 17.6. The van der Waals surface area contributed by atoms with Crippen LogP contribution in [-0.4, -0.2) is 12.1 Å². The minimum absolute atomic E-state index is 0.811. The molecule has 0 unspecified atom stereocenters. The molecule has 1 radical (unpaired) electrons. The summed E-state index contributed by atoms with van der Waals surface area (Å²) in [7, 11) is 0. The minimum Gasteiger partial charge on any atom is -0.139 e. The summed E-state index contributed by atoms with van der Waals surface area (Å²) < 4.78 is 0. The SMILES string of the molecule is C1=C[N+]2N=Cc3ccccc3C=C2N=1. The van der Waals surface area contributed by atoms with Gasteiger partial charge in [-0.15, -0.1) is 4.99 Å². The van der Waals surface area contributed by atoms with Crippen molar-refractivity contribution in [1.82, 2.24) is 5.01 Å². The van der Waals surface area contributed by atoms with Crippen molar-refractivity contribution in [1.29, 1.82) is 0 Å². The van der Waals surface area contributed by atoms with Gasteiger partial charge in [0, 0.05) is 11.6 Å². The molecule has 0 amide bonds. The molecule has 0 fully saturated rings. The highest BCUT2D eigenvalue weighted by molar-refractivity contribution is 5.87. The van der Waals surface area contributed by atoms with Crippen LogP contribution in [0.3, 0.4) is 0 Å². The second kappa shape index (κ2) is 2.77. The van der Waals surface area contributed by atoms with E-state index >= 15 is 0 Å². The van der Waals surface area contributed by atoms with Crippen LogP contribution in [-0.2, 0) is 0 Å². The Morgan fingerprint density at radius 3 is 2.93 bits per heavy atom. The average Bonchev–Trinajstić information content (AvgIpc) is 2.58. The molecule has 3 rings (SSSR count). The van der Waals surface area contributed by atoms with Gasteiger partial charge in [-0.3, -0.25) is 0 Å². The molecule has 14 heavy (non-hydrogen) atoms. The van der Waals surface area contributed by atoms with Crippen molar-refractivity contribution in [3.8, 4) is 0 Å². The lowest BCUT2D eigenvalue weighted by molar-refractivity contribution is 0.687. The van der Waals surface area contributed by atoms with Gasteiger partial charge in [0.2, 0.25) is 6.20 Å². The highest BCUT2D eigenvalue weighted by Gasteiger charge is 2.25. The van der Waals surface area contributed by atoms with Gasteiger partial charge >= 0.3 is 5.82 Å². The molecule has 0 saturated carbocycles. The predicted octanol–water partition coefficient (Wildman–Crippen LogP) is 1.67. The Labute approximate surface area is 81.4 Å². The van der Waals surface area contributed by atoms with Crippen LogP contribution in [0.25, 0.3) is 6.08 Å². The minimum atomic E-state index is 0.811. The van der Waals surface area contributed by atoms with E-state index in [0.717, 1.165) is 16.9 Å². The molecule has 0 N–H and O–H groups in total. The monoisotopic (exact) mass is 181 g/mol. The first-order valence-electron chi connectivity index (χ1n) is 4.37. The number of hydrogen-bond donors (Lipinski definition) is 0. The van der Waals surface area contributed by atoms with Crippen molar-refractivity contribution in [3.63, 3.8) is 0 Å². The molecule has 0 atom stereocenters. The summed E-state index contributed by atoms with van der Waals surface area (Å²) in [5.74, 6) is 3.58. The topological polar surface area (TPSA) is 30.6 Å². The lowest BCUT2D eigenvalue weighted by atomic mass is 10.1. The maximum atomic E-state index is 4.25. The number of benzene rings is 1. The zero-order chi connectivity index (χ0) is 9.38. The largest absolute Gasteiger partial charge is 0.322 e. The highest BCUT2D eigenvalue weighted by Crippen LogP contribution is 2.18. The molecule has 2 aliphatic rings. The van der Waals surface area contributed by atoms with Crippen LogP contribution < -0.4 is 5.01 Å². The van der Waals surface area contributed by atoms with Gasteiger partial charge in [0.15, 0.2) is 0 Å². The van der Waals surface area contributed by atoms with Gasteiger partial charge in [0.25, 0.3) is 0 Å². The molecule has 0 aromatic heterocycles. The number of nitrogens with zero attached hydrogens (tertiary/aromatic N) is 3. The van der Waals surface area contributed by atoms with E-state index in [1.54, 1.807) is 11.2 Å². The van der Waals surface area contributed by atoms with E-state index in [1.807, 2.05) is 36.6 Å². The van der Waals surface area contributed by atoms with Crippen LogP contribution in [0.2, 0.25) is 0 Å². The van der Waals surface area contributed by atoms with Gasteiger partial charge in [-0.25, -0.2) is 0 Å². The molecule has 0 aliphatic carbocycles. The fraction of sp³-hybridized carbons (Fsp3) is 0. The average molecular weight is 181 g/mol. The van der Waals surface area contributed by atoms with Crippen molar-refractivity contribution in [3.05, 3.63) is 47.4 Å². The van der Waals surface area contributed by atoms with Crippen molar-refractivity contribution >= 4 is 18.2 Å². The Bertz CT molecular complexity index is 505. The second-order valence-electron chi connectivity index (χ2n) is 3.09. The lowest BCUT2D eigenvalue weighted by Crippen LogP contribution is -2.09. The Kier molecular flexibility index (Phi) is 1.47. The van der Waals surface area contributed by atoms with Crippen LogP contribution in [0.5, 0.6) is 0 Å². The molecular formula is C11H7N3+. The van der Waals surface area contributed by atoms with Crippen LogP contribution in [0.1, 0.15) is 11.1 Å². The Morgan fingerprint density at radius 1 is 1.14 bits per heavy atom. The molecule has 1 aromatic rings. The molecule has 1 aromatic carbocycles. The molecule has 2 aliphatic heterocycles. The van der Waals surface area contributed by atoms with Crippen LogP contribution in [0, 0.1) is 0 Å². The third-order valence-electron chi connectivity index (χ3n) is 2.20. The smallest absolute Gasteiger partial charge is 0.139 e. The summed E-state index contributed by atoms with van der Waals surface area (Å²) in [5.41, 5.74) is 2.24. The van der Waals surface area contributed by atoms with Gasteiger partial charge in [0.1, 0.15) is 0 Å². The van der Waals surface area contributed by atoms with Crippen LogP contribution in [0.15, 0.2) is 46.4 Å². The van der Waals surface area contributed by atoms with E-state index in [1.165, 1.54) is 0 Å². The number of rotatable bonds is 0. The Morgan fingerprint density at radius 2 is 2.00 bits per heavy atom. The molecule has 3 nitrogen and oxygen atoms in total. The van der Waals surface area contributed by atoms with Crippen LogP contribution >= 0.6 is 0 Å². The van der Waals surface area contributed by atoms with Gasteiger partial charge < -0.3 is 0 Å². The zero-order valence-electron chi connectivity index (χ0n) is 7.38. The number of hydrazone groups is 1. The van der Waals surface area contributed by atoms with Crippen molar-refractivity contribution in [2.75, 3.05) is 0 Å². The van der Waals surface area contributed by atoms with E-state index in [2.05, 4.69) is 16.0 Å². The van der Waals surface area contributed by atoms with Crippen molar-refractivity contribution in [2.45, 2.75) is 0 Å². The first-order chi connectivity index (χ1) is 6.93. The lowest BCUT2D eigenvalue weighted by Gasteiger charge is -1.94. The Hall–Kier alpha value is -1.96. The highest BCUT2D eigenvalue weighted by atomic mass is 15.5. The number of fused-ring (bicyclic) bond motifs is 2. The van der Waals surface area contributed by atoms with Crippen LogP contribution in [0.4, 0.5) is 0 Å². The third kappa shape index (κ3) is 1.04. The predicted molar refractivity (Wildman–Crippen MR) is 56.2 cm³/mol. The quantitative estimate of drug-likeness (QED) is 0.545. The second-order valence-corrected chi connectivity index (χ2v) is 3.09. The van der Waals surface area contributed by atoms with E-state index in [-0.39, 0.29) is 0 Å². The first kappa shape index (κ1) is 7.44. The number of hydrogen-bond acceptors (Lipinski definition) is 3. The summed E-state index contributed by atoms with van der Waals surface area (Å²) in [6.45, 7) is 0. The van der Waals surface area contributed by atoms with Crippen molar-refractivity contribution < 1.29 is 0 Å². The molecule has 0 bridgehead atoms. The summed E-state index contributed by atoms with van der Waals surface area (Å²) in [6.07, 6.45) is 5.55. The molecule has 0 saturated heterocycles. The van der Waals surface area contributed by atoms with Gasteiger partial charge in [-0.1, -0.05) is 24.3 Å². The van der Waals surface area contributed by atoms with E-state index in [4.69, 9.17) is 0 Å². The summed E-state index contributed by atoms with van der Waals surface area (Å²) in [4.78, 5) is 4.08. The fourth-order valence-corrected chi connectivity index (χ4v) is 1.48. The van der Waals surface area contributed by atoms with E-state index in [0.29, 0.717) is 0 Å². The third-order valence-corrected chi connectivity index (χ3v) is 2.20. The molecular weight excluding hydrogens is 174 g/mol. The fourth-order valence-electron chi connectivity index (χ4n) is 1.48. The molecule has 65 valence electrons. The molecule has 2 heterocycles. The summed E-state index contributed by atoms with van der Waals surface area (Å²) in [6, 6.07) is 8.08. The molecule has 0 spiro atoms. The van der Waals surface area contributed by atoms with Gasteiger partial charge in [-0.2, -0.15) is 0 Å². The number of aliphatic imine (C=N–C) groups is 1. The standard InChI is InChI=1S/C11H7N3/c1-2-4-10-8-13-14-6-5-12-11(14)7-9(10)3-1/h1-4,6-8H/q+1. The molecule has 3 heteroatoms. The first-order valence-corrected chi connectivity index (χ1v) is 4.37. The maximum Gasteiger partial charge on any atom is 0.322 e. The van der Waals surface area contributed by atoms with Crippen molar-refractivity contribution in [2.24, 2.45) is 10.1 Å². The Balaban J connectivity index is 2.21. The zero-order valence-corrected chi connectivity index (χ0v) is 7.38. The van der Waals surface area contributed by atoms with E-state index in [9.17, 15) is 0 Å². The summed E-state index contributed by atoms with van der Waals surface area (Å²) in [5, 5.41) is 5.96.